The first-order valence-electron chi connectivity index (χ1n) is 7.22. The van der Waals surface area contributed by atoms with Crippen LogP contribution in [0.15, 0.2) is 48.5 Å². The van der Waals surface area contributed by atoms with Crippen LogP contribution in [0.4, 0.5) is 4.79 Å². The maximum atomic E-state index is 12.0. The van der Waals surface area contributed by atoms with Crippen molar-refractivity contribution in [3.05, 3.63) is 70.8 Å². The molecule has 0 aliphatic rings. The molecule has 0 bridgehead atoms. The molecule has 2 aromatic rings. The number of rotatable bonds is 4. The molecule has 0 spiro atoms. The van der Waals surface area contributed by atoms with Gasteiger partial charge < -0.3 is 10.6 Å². The van der Waals surface area contributed by atoms with Gasteiger partial charge in [0.05, 0.1) is 6.04 Å². The molecule has 0 fully saturated rings. The van der Waals surface area contributed by atoms with E-state index in [1.165, 1.54) is 11.1 Å². The number of carbonyl (C=O) groups is 1. The van der Waals surface area contributed by atoms with Gasteiger partial charge in [-0.2, -0.15) is 0 Å². The summed E-state index contributed by atoms with van der Waals surface area (Å²) in [7, 11) is 0. The highest BCUT2D eigenvalue weighted by Crippen LogP contribution is 2.16. The Morgan fingerprint density at radius 1 is 1.00 bits per heavy atom. The number of aryl methyl sites for hydroxylation is 2. The first-order chi connectivity index (χ1) is 10.1. The fraction of sp³-hybridized carbons (Fsp3) is 0.278. The minimum atomic E-state index is -0.144. The molecule has 0 aromatic heterocycles. The van der Waals surface area contributed by atoms with E-state index >= 15 is 0 Å². The van der Waals surface area contributed by atoms with Gasteiger partial charge in [-0.3, -0.25) is 0 Å². The van der Waals surface area contributed by atoms with E-state index in [0.717, 1.165) is 11.1 Å². The third-order valence-electron chi connectivity index (χ3n) is 3.70. The van der Waals surface area contributed by atoms with Crippen molar-refractivity contribution in [2.24, 2.45) is 0 Å². The third kappa shape index (κ3) is 4.09. The lowest BCUT2D eigenvalue weighted by Crippen LogP contribution is -2.36. The summed E-state index contributed by atoms with van der Waals surface area (Å²) in [6.45, 7) is 6.64. The zero-order chi connectivity index (χ0) is 15.2. The summed E-state index contributed by atoms with van der Waals surface area (Å²) in [4.78, 5) is 12.0. The number of amides is 2. The molecule has 0 radical (unpaired) electrons. The highest BCUT2D eigenvalue weighted by atomic mass is 16.2. The molecule has 21 heavy (non-hydrogen) atoms. The van der Waals surface area contributed by atoms with Gasteiger partial charge in [-0.15, -0.1) is 0 Å². The summed E-state index contributed by atoms with van der Waals surface area (Å²) in [5, 5.41) is 5.89. The topological polar surface area (TPSA) is 41.1 Å². The smallest absolute Gasteiger partial charge is 0.315 e. The molecule has 0 saturated heterocycles. The second kappa shape index (κ2) is 6.93. The predicted molar refractivity (Wildman–Crippen MR) is 86.1 cm³/mol. The van der Waals surface area contributed by atoms with Crippen LogP contribution in [0, 0.1) is 13.8 Å². The molecule has 1 atom stereocenters. The molecule has 1 unspecified atom stereocenters. The SMILES string of the molecule is Cc1ccccc1CNC(=O)NC(C)c1ccccc1C. The summed E-state index contributed by atoms with van der Waals surface area (Å²) in [5.74, 6) is 0. The fourth-order valence-electron chi connectivity index (χ4n) is 2.38. The normalized spacial score (nSPS) is 11.8. The fourth-order valence-corrected chi connectivity index (χ4v) is 2.38. The highest BCUT2D eigenvalue weighted by Gasteiger charge is 2.11. The van der Waals surface area contributed by atoms with Crippen molar-refractivity contribution in [3.8, 4) is 0 Å². The van der Waals surface area contributed by atoms with Gasteiger partial charge in [0.2, 0.25) is 0 Å². The first kappa shape index (κ1) is 15.1. The molecule has 0 heterocycles. The zero-order valence-corrected chi connectivity index (χ0v) is 12.8. The molecule has 0 aliphatic carbocycles. The van der Waals surface area contributed by atoms with Crippen molar-refractivity contribution in [2.45, 2.75) is 33.4 Å². The molecule has 3 heteroatoms. The molecular weight excluding hydrogens is 260 g/mol. The van der Waals surface area contributed by atoms with E-state index in [1.807, 2.05) is 56.3 Å². The minimum absolute atomic E-state index is 0.0110. The Bertz CT molecular complexity index is 622. The van der Waals surface area contributed by atoms with E-state index in [1.54, 1.807) is 0 Å². The second-order valence-electron chi connectivity index (χ2n) is 5.33. The lowest BCUT2D eigenvalue weighted by molar-refractivity contribution is 0.237. The number of benzene rings is 2. The van der Waals surface area contributed by atoms with E-state index < -0.39 is 0 Å². The summed E-state index contributed by atoms with van der Waals surface area (Å²) in [5.41, 5.74) is 4.65. The Balaban J connectivity index is 1.90. The van der Waals surface area contributed by atoms with E-state index in [2.05, 4.69) is 23.6 Å². The molecule has 0 saturated carbocycles. The van der Waals surface area contributed by atoms with Gasteiger partial charge in [0.15, 0.2) is 0 Å². The van der Waals surface area contributed by atoms with Gasteiger partial charge in [0, 0.05) is 6.54 Å². The van der Waals surface area contributed by atoms with Crippen LogP contribution in [0.25, 0.3) is 0 Å². The zero-order valence-electron chi connectivity index (χ0n) is 12.8. The Morgan fingerprint density at radius 3 is 2.29 bits per heavy atom. The van der Waals surface area contributed by atoms with Crippen molar-refractivity contribution in [1.82, 2.24) is 10.6 Å². The van der Waals surface area contributed by atoms with E-state index in [0.29, 0.717) is 6.54 Å². The number of nitrogens with one attached hydrogen (secondary N) is 2. The average molecular weight is 282 g/mol. The van der Waals surface area contributed by atoms with Gasteiger partial charge in [-0.1, -0.05) is 48.5 Å². The minimum Gasteiger partial charge on any atom is -0.334 e. The molecule has 2 N–H and O–H groups in total. The van der Waals surface area contributed by atoms with Gasteiger partial charge >= 0.3 is 6.03 Å². The van der Waals surface area contributed by atoms with E-state index in [9.17, 15) is 4.79 Å². The number of hydrogen-bond acceptors (Lipinski definition) is 1. The van der Waals surface area contributed by atoms with E-state index in [-0.39, 0.29) is 12.1 Å². The third-order valence-corrected chi connectivity index (χ3v) is 3.70. The van der Waals surface area contributed by atoms with Gasteiger partial charge in [0.1, 0.15) is 0 Å². The van der Waals surface area contributed by atoms with Crippen LogP contribution in [-0.2, 0) is 6.54 Å². The van der Waals surface area contributed by atoms with Crippen molar-refractivity contribution in [1.29, 1.82) is 0 Å². The molecular formula is C18H22N2O. The Labute approximate surface area is 126 Å². The molecule has 2 amide bonds. The number of carbonyl (C=O) groups excluding carboxylic acids is 1. The van der Waals surface area contributed by atoms with Crippen LogP contribution in [0.5, 0.6) is 0 Å². The Hall–Kier alpha value is -2.29. The van der Waals surface area contributed by atoms with Crippen molar-refractivity contribution in [2.75, 3.05) is 0 Å². The average Bonchev–Trinajstić information content (AvgIpc) is 2.46. The summed E-state index contributed by atoms with van der Waals surface area (Å²) >= 11 is 0. The number of urea groups is 1. The van der Waals surface area contributed by atoms with Gasteiger partial charge in [0.25, 0.3) is 0 Å². The van der Waals surface area contributed by atoms with Crippen LogP contribution >= 0.6 is 0 Å². The summed E-state index contributed by atoms with van der Waals surface area (Å²) in [6.07, 6.45) is 0. The van der Waals surface area contributed by atoms with Gasteiger partial charge in [-0.25, -0.2) is 4.79 Å². The van der Waals surface area contributed by atoms with Crippen molar-refractivity contribution in [3.63, 3.8) is 0 Å². The largest absolute Gasteiger partial charge is 0.334 e. The molecule has 2 aromatic carbocycles. The summed E-state index contributed by atoms with van der Waals surface area (Å²) in [6, 6.07) is 16.0. The monoisotopic (exact) mass is 282 g/mol. The van der Waals surface area contributed by atoms with E-state index in [4.69, 9.17) is 0 Å². The quantitative estimate of drug-likeness (QED) is 0.878. The van der Waals surface area contributed by atoms with Crippen molar-refractivity contribution >= 4 is 6.03 Å². The first-order valence-corrected chi connectivity index (χ1v) is 7.22. The van der Waals surface area contributed by atoms with Crippen LogP contribution < -0.4 is 10.6 Å². The molecule has 3 nitrogen and oxygen atoms in total. The maximum absolute atomic E-state index is 12.0. The lowest BCUT2D eigenvalue weighted by Gasteiger charge is -2.17. The van der Waals surface area contributed by atoms with Crippen LogP contribution in [0.3, 0.4) is 0 Å². The summed E-state index contributed by atoms with van der Waals surface area (Å²) < 4.78 is 0. The standard InChI is InChI=1S/C18H22N2O/c1-13-8-4-6-10-16(13)12-19-18(21)20-15(3)17-11-7-5-9-14(17)2/h4-11,15H,12H2,1-3H3,(H2,19,20,21). The van der Waals surface area contributed by atoms with Crippen LogP contribution in [0.2, 0.25) is 0 Å². The second-order valence-corrected chi connectivity index (χ2v) is 5.33. The van der Waals surface area contributed by atoms with Gasteiger partial charge in [-0.05, 0) is 43.0 Å². The van der Waals surface area contributed by atoms with Crippen LogP contribution in [-0.4, -0.2) is 6.03 Å². The maximum Gasteiger partial charge on any atom is 0.315 e. The highest BCUT2D eigenvalue weighted by molar-refractivity contribution is 5.74. The molecule has 0 aliphatic heterocycles. The van der Waals surface area contributed by atoms with Crippen molar-refractivity contribution < 1.29 is 4.79 Å². The van der Waals surface area contributed by atoms with Crippen LogP contribution in [0.1, 0.15) is 35.2 Å². The molecule has 2 rings (SSSR count). The lowest BCUT2D eigenvalue weighted by atomic mass is 10.0. The Morgan fingerprint density at radius 2 is 1.62 bits per heavy atom. The number of hydrogen-bond donors (Lipinski definition) is 2. The molecule has 110 valence electrons. The Kier molecular flexibility index (Phi) is 4.99. The predicted octanol–water partition coefficient (Wildman–Crippen LogP) is 3.86.